The van der Waals surface area contributed by atoms with Gasteiger partial charge in [0.05, 0.1) is 0 Å². The van der Waals surface area contributed by atoms with Crippen LogP contribution in [0.15, 0.2) is 12.1 Å². The SMILES string of the molecule is Cc1cc(CNC(C)C)cc(N(CC2CC2)C2CC2)n1. The van der Waals surface area contributed by atoms with Crippen LogP contribution in [-0.2, 0) is 6.54 Å². The van der Waals surface area contributed by atoms with Crippen molar-refractivity contribution < 1.29 is 0 Å². The number of pyridine rings is 1. The van der Waals surface area contributed by atoms with E-state index in [-0.39, 0.29) is 0 Å². The molecule has 0 atom stereocenters. The van der Waals surface area contributed by atoms with E-state index in [1.165, 1.54) is 43.6 Å². The third-order valence-corrected chi connectivity index (χ3v) is 4.15. The van der Waals surface area contributed by atoms with Crippen LogP contribution in [0, 0.1) is 12.8 Å². The predicted molar refractivity (Wildman–Crippen MR) is 84.0 cm³/mol. The molecule has 3 heteroatoms. The third kappa shape index (κ3) is 3.72. The van der Waals surface area contributed by atoms with Crippen LogP contribution in [0.2, 0.25) is 0 Å². The molecular formula is C17H27N3. The Hall–Kier alpha value is -1.09. The summed E-state index contributed by atoms with van der Waals surface area (Å²) < 4.78 is 0. The van der Waals surface area contributed by atoms with Crippen LogP contribution in [0.1, 0.15) is 50.8 Å². The van der Waals surface area contributed by atoms with Crippen molar-refractivity contribution in [2.75, 3.05) is 11.4 Å². The van der Waals surface area contributed by atoms with Crippen molar-refractivity contribution >= 4 is 5.82 Å². The highest BCUT2D eigenvalue weighted by Crippen LogP contribution is 2.37. The van der Waals surface area contributed by atoms with Gasteiger partial charge in [-0.05, 0) is 56.2 Å². The van der Waals surface area contributed by atoms with E-state index in [0.29, 0.717) is 6.04 Å². The Morgan fingerprint density at radius 3 is 2.60 bits per heavy atom. The average Bonchev–Trinajstić information content (AvgIpc) is 3.25. The number of hydrogen-bond donors (Lipinski definition) is 1. The first-order chi connectivity index (χ1) is 9.61. The van der Waals surface area contributed by atoms with Gasteiger partial charge in [0.1, 0.15) is 5.82 Å². The molecule has 0 spiro atoms. The topological polar surface area (TPSA) is 28.2 Å². The second-order valence-corrected chi connectivity index (χ2v) is 6.84. The average molecular weight is 273 g/mol. The number of aromatic nitrogens is 1. The summed E-state index contributed by atoms with van der Waals surface area (Å²) in [6.07, 6.45) is 5.53. The number of hydrogen-bond acceptors (Lipinski definition) is 3. The minimum absolute atomic E-state index is 0.526. The zero-order chi connectivity index (χ0) is 14.1. The van der Waals surface area contributed by atoms with Gasteiger partial charge in [-0.15, -0.1) is 0 Å². The summed E-state index contributed by atoms with van der Waals surface area (Å²) in [7, 11) is 0. The van der Waals surface area contributed by atoms with E-state index in [0.717, 1.165) is 24.2 Å². The van der Waals surface area contributed by atoms with Crippen LogP contribution in [0.3, 0.4) is 0 Å². The highest BCUT2D eigenvalue weighted by molar-refractivity contribution is 5.45. The molecule has 3 nitrogen and oxygen atoms in total. The van der Waals surface area contributed by atoms with Gasteiger partial charge in [0.15, 0.2) is 0 Å². The Bertz CT molecular complexity index is 461. The Balaban J connectivity index is 1.75. The summed E-state index contributed by atoms with van der Waals surface area (Å²) in [6.45, 7) is 8.66. The summed E-state index contributed by atoms with van der Waals surface area (Å²) in [5.41, 5.74) is 2.51. The molecule has 0 amide bonds. The zero-order valence-corrected chi connectivity index (χ0v) is 13.0. The fourth-order valence-electron chi connectivity index (χ4n) is 2.69. The lowest BCUT2D eigenvalue weighted by Crippen LogP contribution is -2.29. The first-order valence-electron chi connectivity index (χ1n) is 8.09. The highest BCUT2D eigenvalue weighted by Gasteiger charge is 2.34. The molecule has 2 aliphatic rings. The van der Waals surface area contributed by atoms with Crippen LogP contribution < -0.4 is 10.2 Å². The van der Waals surface area contributed by atoms with Crippen molar-refractivity contribution in [3.63, 3.8) is 0 Å². The molecule has 3 rings (SSSR count). The molecule has 110 valence electrons. The van der Waals surface area contributed by atoms with Crippen molar-refractivity contribution in [3.8, 4) is 0 Å². The van der Waals surface area contributed by atoms with E-state index in [4.69, 9.17) is 4.98 Å². The third-order valence-electron chi connectivity index (χ3n) is 4.15. The quantitative estimate of drug-likeness (QED) is 0.826. The van der Waals surface area contributed by atoms with Gasteiger partial charge < -0.3 is 10.2 Å². The van der Waals surface area contributed by atoms with Gasteiger partial charge in [-0.25, -0.2) is 4.98 Å². The second kappa shape index (κ2) is 5.72. The van der Waals surface area contributed by atoms with Gasteiger partial charge in [0.2, 0.25) is 0 Å². The molecule has 0 aliphatic heterocycles. The Labute approximate surface area is 122 Å². The van der Waals surface area contributed by atoms with Crippen LogP contribution >= 0.6 is 0 Å². The highest BCUT2D eigenvalue weighted by atomic mass is 15.2. The summed E-state index contributed by atoms with van der Waals surface area (Å²) in [6, 6.07) is 5.79. The maximum atomic E-state index is 4.80. The van der Waals surface area contributed by atoms with Gasteiger partial charge in [0.25, 0.3) is 0 Å². The van der Waals surface area contributed by atoms with Crippen molar-refractivity contribution in [1.29, 1.82) is 0 Å². The minimum Gasteiger partial charge on any atom is -0.353 e. The van der Waals surface area contributed by atoms with E-state index in [2.05, 4.69) is 43.1 Å². The fraction of sp³-hybridized carbons (Fsp3) is 0.706. The molecule has 1 N–H and O–H groups in total. The molecule has 0 bridgehead atoms. The standard InChI is InChI=1S/C17H27N3/c1-12(2)18-10-15-8-13(3)19-17(9-15)20(16-6-7-16)11-14-4-5-14/h8-9,12,14,16,18H,4-7,10-11H2,1-3H3. The molecule has 1 heterocycles. The smallest absolute Gasteiger partial charge is 0.129 e. The number of anilines is 1. The summed E-state index contributed by atoms with van der Waals surface area (Å²) in [4.78, 5) is 7.37. The van der Waals surface area contributed by atoms with Crippen LogP contribution in [0.25, 0.3) is 0 Å². The van der Waals surface area contributed by atoms with Gasteiger partial charge in [0, 0.05) is 30.9 Å². The molecular weight excluding hydrogens is 246 g/mol. The van der Waals surface area contributed by atoms with Crippen LogP contribution in [-0.4, -0.2) is 23.6 Å². The van der Waals surface area contributed by atoms with Gasteiger partial charge in [-0.2, -0.15) is 0 Å². The van der Waals surface area contributed by atoms with Crippen molar-refractivity contribution in [2.24, 2.45) is 5.92 Å². The van der Waals surface area contributed by atoms with Crippen LogP contribution in [0.4, 0.5) is 5.82 Å². The van der Waals surface area contributed by atoms with Crippen molar-refractivity contribution in [1.82, 2.24) is 10.3 Å². The number of nitrogens with one attached hydrogen (secondary N) is 1. The lowest BCUT2D eigenvalue weighted by Gasteiger charge is -2.24. The lowest BCUT2D eigenvalue weighted by atomic mass is 10.2. The molecule has 2 saturated carbocycles. The van der Waals surface area contributed by atoms with E-state index in [1.807, 2.05) is 0 Å². The van der Waals surface area contributed by atoms with Crippen molar-refractivity contribution in [3.05, 3.63) is 23.4 Å². The molecule has 1 aromatic rings. The first-order valence-corrected chi connectivity index (χ1v) is 8.09. The second-order valence-electron chi connectivity index (χ2n) is 6.84. The molecule has 20 heavy (non-hydrogen) atoms. The van der Waals surface area contributed by atoms with E-state index in [1.54, 1.807) is 0 Å². The Morgan fingerprint density at radius 2 is 2.00 bits per heavy atom. The van der Waals surface area contributed by atoms with Gasteiger partial charge >= 0.3 is 0 Å². The largest absolute Gasteiger partial charge is 0.353 e. The molecule has 0 radical (unpaired) electrons. The number of nitrogens with zero attached hydrogens (tertiary/aromatic N) is 2. The maximum absolute atomic E-state index is 4.80. The predicted octanol–water partition coefficient (Wildman–Crippen LogP) is 3.27. The number of rotatable bonds is 7. The van der Waals surface area contributed by atoms with Crippen molar-refractivity contribution in [2.45, 2.75) is 65.1 Å². The van der Waals surface area contributed by atoms with Gasteiger partial charge in [-0.3, -0.25) is 0 Å². The normalized spacial score (nSPS) is 18.6. The first kappa shape index (κ1) is 13.9. The zero-order valence-electron chi connectivity index (χ0n) is 13.0. The Kier molecular flexibility index (Phi) is 3.97. The lowest BCUT2D eigenvalue weighted by molar-refractivity contribution is 0.588. The summed E-state index contributed by atoms with van der Waals surface area (Å²) in [5, 5.41) is 3.51. The molecule has 0 aromatic carbocycles. The molecule has 2 fully saturated rings. The maximum Gasteiger partial charge on any atom is 0.129 e. The van der Waals surface area contributed by atoms with Crippen LogP contribution in [0.5, 0.6) is 0 Å². The fourth-order valence-corrected chi connectivity index (χ4v) is 2.69. The molecule has 2 aliphatic carbocycles. The molecule has 0 unspecified atom stereocenters. The molecule has 0 saturated heterocycles. The number of aryl methyl sites for hydroxylation is 1. The molecule has 1 aromatic heterocycles. The minimum atomic E-state index is 0.526. The van der Waals surface area contributed by atoms with E-state index in [9.17, 15) is 0 Å². The summed E-state index contributed by atoms with van der Waals surface area (Å²) in [5.74, 6) is 2.13. The Morgan fingerprint density at radius 1 is 1.25 bits per heavy atom. The summed E-state index contributed by atoms with van der Waals surface area (Å²) >= 11 is 0. The van der Waals surface area contributed by atoms with E-state index >= 15 is 0 Å². The monoisotopic (exact) mass is 273 g/mol. The van der Waals surface area contributed by atoms with Gasteiger partial charge in [-0.1, -0.05) is 13.8 Å². The van der Waals surface area contributed by atoms with E-state index < -0.39 is 0 Å².